The number of halogens is 2. The summed E-state index contributed by atoms with van der Waals surface area (Å²) in [5.41, 5.74) is 3.70. The van der Waals surface area contributed by atoms with Gasteiger partial charge in [0.1, 0.15) is 23.3 Å². The summed E-state index contributed by atoms with van der Waals surface area (Å²) in [6.07, 6.45) is 0.750. The molecule has 2 aromatic carbocycles. The number of anilines is 1. The van der Waals surface area contributed by atoms with Crippen molar-refractivity contribution < 1.29 is 9.18 Å². The standard InChI is InChI=1S/C22H21ClFN3O/c1-14-3-7-17(8-4-14)21(28)18-9-5-16(6-10-18)11-12-25-22-19(23)20(15(2)24)26-13-27-22/h3-10,13,15H,11-12H2,1-2H3,(H,25,26,27). The Hall–Kier alpha value is -2.79. The first-order valence-electron chi connectivity index (χ1n) is 9.04. The molecule has 0 radical (unpaired) electrons. The topological polar surface area (TPSA) is 54.9 Å². The van der Waals surface area contributed by atoms with Crippen LogP contribution < -0.4 is 5.32 Å². The highest BCUT2D eigenvalue weighted by Crippen LogP contribution is 2.28. The maximum atomic E-state index is 13.5. The van der Waals surface area contributed by atoms with Gasteiger partial charge in [0.15, 0.2) is 5.78 Å². The minimum absolute atomic E-state index is 0.00492. The number of aryl methyl sites for hydroxylation is 1. The Labute approximate surface area is 168 Å². The second-order valence-electron chi connectivity index (χ2n) is 6.61. The smallest absolute Gasteiger partial charge is 0.193 e. The van der Waals surface area contributed by atoms with E-state index in [-0.39, 0.29) is 16.5 Å². The highest BCUT2D eigenvalue weighted by molar-refractivity contribution is 6.33. The molecule has 4 nitrogen and oxygen atoms in total. The van der Waals surface area contributed by atoms with Crippen molar-refractivity contribution in [1.29, 1.82) is 0 Å². The van der Waals surface area contributed by atoms with Crippen molar-refractivity contribution in [2.75, 3.05) is 11.9 Å². The van der Waals surface area contributed by atoms with Crippen molar-refractivity contribution in [3.8, 4) is 0 Å². The zero-order valence-corrected chi connectivity index (χ0v) is 16.5. The first kappa shape index (κ1) is 20.0. The largest absolute Gasteiger partial charge is 0.368 e. The fourth-order valence-electron chi connectivity index (χ4n) is 2.80. The molecule has 1 atom stereocenters. The normalized spacial score (nSPS) is 11.9. The second kappa shape index (κ2) is 8.93. The van der Waals surface area contributed by atoms with Crippen LogP contribution in [0.2, 0.25) is 5.02 Å². The molecule has 0 aliphatic carbocycles. The van der Waals surface area contributed by atoms with Gasteiger partial charge < -0.3 is 5.32 Å². The number of hydrogen-bond donors (Lipinski definition) is 1. The van der Waals surface area contributed by atoms with Gasteiger partial charge in [-0.3, -0.25) is 4.79 Å². The summed E-state index contributed by atoms with van der Waals surface area (Å²) in [7, 11) is 0. The molecule has 0 amide bonds. The van der Waals surface area contributed by atoms with Crippen molar-refractivity contribution in [3.63, 3.8) is 0 Å². The summed E-state index contributed by atoms with van der Waals surface area (Å²) in [5.74, 6) is 0.424. The predicted octanol–water partition coefficient (Wildman–Crippen LogP) is 5.35. The quantitative estimate of drug-likeness (QED) is 0.545. The van der Waals surface area contributed by atoms with Gasteiger partial charge >= 0.3 is 0 Å². The van der Waals surface area contributed by atoms with Gasteiger partial charge in [0.25, 0.3) is 0 Å². The predicted molar refractivity (Wildman–Crippen MR) is 110 cm³/mol. The summed E-state index contributed by atoms with van der Waals surface area (Å²) in [6, 6.07) is 15.1. The maximum absolute atomic E-state index is 13.5. The van der Waals surface area contributed by atoms with Crippen LogP contribution in [0.3, 0.4) is 0 Å². The van der Waals surface area contributed by atoms with Crippen molar-refractivity contribution in [2.45, 2.75) is 26.4 Å². The highest BCUT2D eigenvalue weighted by Gasteiger charge is 2.14. The van der Waals surface area contributed by atoms with E-state index < -0.39 is 6.17 Å². The number of ketones is 1. The zero-order chi connectivity index (χ0) is 20.1. The summed E-state index contributed by atoms with van der Waals surface area (Å²) in [5, 5.41) is 3.31. The third-order valence-electron chi connectivity index (χ3n) is 4.43. The van der Waals surface area contributed by atoms with Crippen LogP contribution in [0.1, 0.15) is 45.8 Å². The van der Waals surface area contributed by atoms with E-state index >= 15 is 0 Å². The lowest BCUT2D eigenvalue weighted by Crippen LogP contribution is -2.09. The molecular weight excluding hydrogens is 377 g/mol. The number of rotatable bonds is 7. The van der Waals surface area contributed by atoms with Crippen LogP contribution in [0.25, 0.3) is 0 Å². The van der Waals surface area contributed by atoms with E-state index in [1.165, 1.54) is 13.3 Å². The van der Waals surface area contributed by atoms with Gasteiger partial charge in [0.2, 0.25) is 0 Å². The van der Waals surface area contributed by atoms with Crippen LogP contribution in [0.4, 0.5) is 10.2 Å². The molecule has 0 spiro atoms. The van der Waals surface area contributed by atoms with E-state index in [1.807, 2.05) is 55.5 Å². The molecule has 0 aliphatic heterocycles. The fraction of sp³-hybridized carbons (Fsp3) is 0.227. The van der Waals surface area contributed by atoms with E-state index in [0.717, 1.165) is 11.1 Å². The first-order chi connectivity index (χ1) is 13.5. The minimum atomic E-state index is -1.25. The summed E-state index contributed by atoms with van der Waals surface area (Å²) in [4.78, 5) is 20.5. The number of carbonyl (C=O) groups excluding carboxylic acids is 1. The number of alkyl halides is 1. The summed E-state index contributed by atoms with van der Waals surface area (Å²) >= 11 is 6.14. The third kappa shape index (κ3) is 4.73. The molecule has 3 aromatic rings. The zero-order valence-electron chi connectivity index (χ0n) is 15.7. The molecule has 0 saturated heterocycles. The van der Waals surface area contributed by atoms with Gasteiger partial charge in [-0.05, 0) is 25.8 Å². The van der Waals surface area contributed by atoms with Crippen LogP contribution in [0, 0.1) is 6.92 Å². The van der Waals surface area contributed by atoms with Gasteiger partial charge in [0, 0.05) is 17.7 Å². The van der Waals surface area contributed by atoms with Crippen molar-refractivity contribution >= 4 is 23.2 Å². The first-order valence-corrected chi connectivity index (χ1v) is 9.42. The maximum Gasteiger partial charge on any atom is 0.193 e. The molecule has 1 aromatic heterocycles. The van der Waals surface area contributed by atoms with E-state index in [9.17, 15) is 9.18 Å². The lowest BCUT2D eigenvalue weighted by atomic mass is 10.0. The molecule has 0 saturated carbocycles. The Bertz CT molecular complexity index is 957. The number of hydrogen-bond acceptors (Lipinski definition) is 4. The van der Waals surface area contributed by atoms with Crippen molar-refractivity contribution in [2.24, 2.45) is 0 Å². The lowest BCUT2D eigenvalue weighted by molar-refractivity contribution is 0.103. The Morgan fingerprint density at radius 3 is 2.29 bits per heavy atom. The molecule has 1 heterocycles. The second-order valence-corrected chi connectivity index (χ2v) is 6.98. The molecule has 0 fully saturated rings. The van der Waals surface area contributed by atoms with E-state index in [4.69, 9.17) is 11.6 Å². The van der Waals surface area contributed by atoms with Crippen LogP contribution in [-0.4, -0.2) is 22.3 Å². The third-order valence-corrected chi connectivity index (χ3v) is 4.80. The van der Waals surface area contributed by atoms with Crippen LogP contribution in [0.15, 0.2) is 54.9 Å². The Balaban J connectivity index is 1.60. The molecule has 1 N–H and O–H groups in total. The van der Waals surface area contributed by atoms with Gasteiger partial charge in [0.05, 0.1) is 5.69 Å². The van der Waals surface area contributed by atoms with Gasteiger partial charge in [-0.15, -0.1) is 0 Å². The summed E-state index contributed by atoms with van der Waals surface area (Å²) in [6.45, 7) is 3.95. The van der Waals surface area contributed by atoms with Crippen LogP contribution in [0.5, 0.6) is 0 Å². The fourth-order valence-corrected chi connectivity index (χ4v) is 3.12. The molecular formula is C22H21ClFN3O. The number of nitrogens with one attached hydrogen (secondary N) is 1. The van der Waals surface area contributed by atoms with Crippen LogP contribution in [-0.2, 0) is 6.42 Å². The average Bonchev–Trinajstić information content (AvgIpc) is 2.69. The SMILES string of the molecule is Cc1ccc(C(=O)c2ccc(CCNc3ncnc(C(C)F)c3Cl)cc2)cc1. The van der Waals surface area contributed by atoms with E-state index in [0.29, 0.717) is 29.9 Å². The van der Waals surface area contributed by atoms with Gasteiger partial charge in [-0.1, -0.05) is 65.7 Å². The molecule has 6 heteroatoms. The highest BCUT2D eigenvalue weighted by atomic mass is 35.5. The number of aromatic nitrogens is 2. The van der Waals surface area contributed by atoms with Crippen molar-refractivity contribution in [3.05, 3.63) is 87.8 Å². The number of benzene rings is 2. The molecule has 0 aliphatic rings. The number of nitrogens with zero attached hydrogens (tertiary/aromatic N) is 2. The molecule has 28 heavy (non-hydrogen) atoms. The number of carbonyl (C=O) groups is 1. The molecule has 0 bridgehead atoms. The van der Waals surface area contributed by atoms with E-state index in [2.05, 4.69) is 15.3 Å². The molecule has 3 rings (SSSR count). The minimum Gasteiger partial charge on any atom is -0.368 e. The Morgan fingerprint density at radius 1 is 1.07 bits per heavy atom. The van der Waals surface area contributed by atoms with E-state index in [1.54, 1.807) is 0 Å². The monoisotopic (exact) mass is 397 g/mol. The van der Waals surface area contributed by atoms with Gasteiger partial charge in [-0.2, -0.15) is 0 Å². The average molecular weight is 398 g/mol. The molecule has 1 unspecified atom stereocenters. The Morgan fingerprint density at radius 2 is 1.68 bits per heavy atom. The van der Waals surface area contributed by atoms with Crippen molar-refractivity contribution in [1.82, 2.24) is 9.97 Å². The Kier molecular flexibility index (Phi) is 6.37. The lowest BCUT2D eigenvalue weighted by Gasteiger charge is -2.10. The molecule has 144 valence electrons. The van der Waals surface area contributed by atoms with Crippen LogP contribution >= 0.6 is 11.6 Å². The van der Waals surface area contributed by atoms with Gasteiger partial charge in [-0.25, -0.2) is 14.4 Å². The summed E-state index contributed by atoms with van der Waals surface area (Å²) < 4.78 is 13.5.